The molecule has 104 valence electrons. The Bertz CT molecular complexity index is 481. The molecule has 0 atom stereocenters. The summed E-state index contributed by atoms with van der Waals surface area (Å²) < 4.78 is 17.9. The molecule has 0 aliphatic heterocycles. The van der Waals surface area contributed by atoms with E-state index in [0.29, 0.717) is 17.1 Å². The second-order valence-electron chi connectivity index (χ2n) is 4.95. The first-order valence-electron chi connectivity index (χ1n) is 5.86. The van der Waals surface area contributed by atoms with Crippen LogP contribution in [0.5, 0.6) is 0 Å². The van der Waals surface area contributed by atoms with Gasteiger partial charge in [0.25, 0.3) is 0 Å². The molecule has 1 aromatic carbocycles. The van der Waals surface area contributed by atoms with Crippen molar-refractivity contribution in [1.29, 1.82) is 0 Å². The number of nitrogens with one attached hydrogen (secondary N) is 1. The molecule has 1 amide bonds. The molecule has 0 radical (unpaired) electrons. The van der Waals surface area contributed by atoms with Crippen LogP contribution < -0.4 is 5.32 Å². The van der Waals surface area contributed by atoms with Crippen LogP contribution in [0, 0.1) is 5.82 Å². The van der Waals surface area contributed by atoms with E-state index < -0.39 is 11.7 Å². The van der Waals surface area contributed by atoms with Gasteiger partial charge in [-0.25, -0.2) is 9.18 Å². The Morgan fingerprint density at radius 2 is 2.16 bits per heavy atom. The maximum Gasteiger partial charge on any atom is 0.407 e. The maximum atomic E-state index is 12.8. The van der Waals surface area contributed by atoms with Gasteiger partial charge in [0, 0.05) is 6.54 Å². The minimum atomic E-state index is -0.520. The summed E-state index contributed by atoms with van der Waals surface area (Å²) in [6.45, 7) is 5.69. The van der Waals surface area contributed by atoms with Crippen LogP contribution in [0.25, 0.3) is 6.08 Å². The second-order valence-corrected chi connectivity index (χ2v) is 5.36. The molecule has 0 saturated carbocycles. The van der Waals surface area contributed by atoms with Crippen molar-refractivity contribution in [2.45, 2.75) is 26.4 Å². The molecule has 0 aromatic heterocycles. The summed E-state index contributed by atoms with van der Waals surface area (Å²) in [6, 6.07) is 4.14. The van der Waals surface area contributed by atoms with Crippen LogP contribution in [0.15, 0.2) is 24.3 Å². The normalized spacial score (nSPS) is 11.6. The molecule has 1 aromatic rings. The van der Waals surface area contributed by atoms with Gasteiger partial charge in [-0.15, -0.1) is 0 Å². The third kappa shape index (κ3) is 6.25. The molecule has 0 spiro atoms. The molecule has 1 N–H and O–H groups in total. The van der Waals surface area contributed by atoms with Crippen molar-refractivity contribution in [3.8, 4) is 0 Å². The number of hydrogen-bond donors (Lipinski definition) is 1. The van der Waals surface area contributed by atoms with Crippen LogP contribution in [0.1, 0.15) is 26.3 Å². The minimum Gasteiger partial charge on any atom is -0.444 e. The lowest BCUT2D eigenvalue weighted by Gasteiger charge is -2.19. The van der Waals surface area contributed by atoms with Crippen LogP contribution in [0.4, 0.5) is 9.18 Å². The first kappa shape index (κ1) is 15.5. The zero-order chi connectivity index (χ0) is 14.5. The van der Waals surface area contributed by atoms with Gasteiger partial charge in [-0.2, -0.15) is 0 Å². The first-order chi connectivity index (χ1) is 8.78. The predicted octanol–water partition coefficient (Wildman–Crippen LogP) is 4.02. The third-order valence-corrected chi connectivity index (χ3v) is 2.35. The van der Waals surface area contributed by atoms with Gasteiger partial charge in [0.15, 0.2) is 0 Å². The molecule has 0 heterocycles. The van der Waals surface area contributed by atoms with Gasteiger partial charge >= 0.3 is 6.09 Å². The Hall–Kier alpha value is -1.55. The number of hydrogen-bond acceptors (Lipinski definition) is 2. The number of rotatable bonds is 3. The van der Waals surface area contributed by atoms with Gasteiger partial charge in [-0.1, -0.05) is 29.8 Å². The van der Waals surface area contributed by atoms with E-state index in [1.54, 1.807) is 39.0 Å². The highest BCUT2D eigenvalue weighted by Crippen LogP contribution is 2.18. The van der Waals surface area contributed by atoms with E-state index in [1.807, 2.05) is 0 Å². The molecule has 1 rings (SSSR count). The van der Waals surface area contributed by atoms with Gasteiger partial charge in [0.05, 0.1) is 5.02 Å². The SMILES string of the molecule is CC(C)(C)OC(=O)NCC=Cc1ccc(F)cc1Cl. The Labute approximate surface area is 117 Å². The molecular formula is C14H17ClFNO2. The monoisotopic (exact) mass is 285 g/mol. The van der Waals surface area contributed by atoms with Gasteiger partial charge in [-0.3, -0.25) is 0 Å². The van der Waals surface area contributed by atoms with E-state index in [4.69, 9.17) is 16.3 Å². The number of alkyl carbamates (subject to hydrolysis) is 1. The topological polar surface area (TPSA) is 38.3 Å². The number of ether oxygens (including phenoxy) is 1. The lowest BCUT2D eigenvalue weighted by atomic mass is 10.2. The number of amides is 1. The number of halogens is 2. The summed E-state index contributed by atoms with van der Waals surface area (Å²) in [5, 5.41) is 2.90. The first-order valence-corrected chi connectivity index (χ1v) is 6.24. The highest BCUT2D eigenvalue weighted by molar-refractivity contribution is 6.32. The molecule has 3 nitrogen and oxygen atoms in total. The fourth-order valence-electron chi connectivity index (χ4n) is 1.28. The Kier molecular flexibility index (Phi) is 5.36. The number of carbonyl (C=O) groups excluding carboxylic acids is 1. The van der Waals surface area contributed by atoms with E-state index in [2.05, 4.69) is 5.32 Å². The smallest absolute Gasteiger partial charge is 0.407 e. The van der Waals surface area contributed by atoms with Gasteiger partial charge in [0.2, 0.25) is 0 Å². The summed E-state index contributed by atoms with van der Waals surface area (Å²) >= 11 is 5.85. The average Bonchev–Trinajstić information content (AvgIpc) is 2.24. The van der Waals surface area contributed by atoms with E-state index in [1.165, 1.54) is 12.1 Å². The summed E-state index contributed by atoms with van der Waals surface area (Å²) in [4.78, 5) is 11.3. The Morgan fingerprint density at radius 3 is 2.74 bits per heavy atom. The lowest BCUT2D eigenvalue weighted by molar-refractivity contribution is 0.0534. The van der Waals surface area contributed by atoms with E-state index in [-0.39, 0.29) is 5.82 Å². The Morgan fingerprint density at radius 1 is 1.47 bits per heavy atom. The molecular weight excluding hydrogens is 269 g/mol. The van der Waals surface area contributed by atoms with Crippen molar-refractivity contribution < 1.29 is 13.9 Å². The number of carbonyl (C=O) groups is 1. The highest BCUT2D eigenvalue weighted by atomic mass is 35.5. The predicted molar refractivity (Wildman–Crippen MR) is 74.7 cm³/mol. The van der Waals surface area contributed by atoms with Crippen molar-refractivity contribution in [3.05, 3.63) is 40.7 Å². The van der Waals surface area contributed by atoms with Gasteiger partial charge in [0.1, 0.15) is 11.4 Å². The van der Waals surface area contributed by atoms with Crippen molar-refractivity contribution in [3.63, 3.8) is 0 Å². The van der Waals surface area contributed by atoms with Crippen LogP contribution in [-0.4, -0.2) is 18.2 Å². The maximum absolute atomic E-state index is 12.8. The molecule has 0 unspecified atom stereocenters. The minimum absolute atomic E-state index is 0.308. The van der Waals surface area contributed by atoms with Crippen molar-refractivity contribution in [1.82, 2.24) is 5.32 Å². The standard InChI is InChI=1S/C14H17ClFNO2/c1-14(2,3)19-13(18)17-8-4-5-10-6-7-11(16)9-12(10)15/h4-7,9H,8H2,1-3H3,(H,17,18). The van der Waals surface area contributed by atoms with Crippen LogP contribution in [-0.2, 0) is 4.74 Å². The van der Waals surface area contributed by atoms with E-state index >= 15 is 0 Å². The summed E-state index contributed by atoms with van der Waals surface area (Å²) in [7, 11) is 0. The van der Waals surface area contributed by atoms with Crippen LogP contribution >= 0.6 is 11.6 Å². The molecule has 0 bridgehead atoms. The molecule has 19 heavy (non-hydrogen) atoms. The molecule has 0 aliphatic carbocycles. The molecule has 5 heteroatoms. The van der Waals surface area contributed by atoms with Crippen molar-refractivity contribution in [2.75, 3.05) is 6.54 Å². The lowest BCUT2D eigenvalue weighted by Crippen LogP contribution is -2.32. The van der Waals surface area contributed by atoms with Crippen LogP contribution in [0.3, 0.4) is 0 Å². The third-order valence-electron chi connectivity index (χ3n) is 2.02. The fourth-order valence-corrected chi connectivity index (χ4v) is 1.51. The summed E-state index contributed by atoms with van der Waals surface area (Å²) in [6.07, 6.45) is 2.93. The largest absolute Gasteiger partial charge is 0.444 e. The molecule has 0 saturated heterocycles. The zero-order valence-corrected chi connectivity index (χ0v) is 11.9. The van der Waals surface area contributed by atoms with Crippen LogP contribution in [0.2, 0.25) is 5.02 Å². The Balaban J connectivity index is 2.44. The molecule has 0 fully saturated rings. The van der Waals surface area contributed by atoms with Gasteiger partial charge in [-0.05, 0) is 38.5 Å². The summed E-state index contributed by atoms with van der Waals surface area (Å²) in [5.41, 5.74) is 0.169. The average molecular weight is 286 g/mol. The van der Waals surface area contributed by atoms with E-state index in [0.717, 1.165) is 0 Å². The van der Waals surface area contributed by atoms with E-state index in [9.17, 15) is 9.18 Å². The zero-order valence-electron chi connectivity index (χ0n) is 11.2. The van der Waals surface area contributed by atoms with Crippen molar-refractivity contribution >= 4 is 23.8 Å². The number of benzene rings is 1. The van der Waals surface area contributed by atoms with Gasteiger partial charge < -0.3 is 10.1 Å². The van der Waals surface area contributed by atoms with Crippen molar-refractivity contribution in [2.24, 2.45) is 0 Å². The molecule has 0 aliphatic rings. The summed E-state index contributed by atoms with van der Waals surface area (Å²) in [5.74, 6) is -0.381. The highest BCUT2D eigenvalue weighted by Gasteiger charge is 2.14. The quantitative estimate of drug-likeness (QED) is 0.911. The fraction of sp³-hybridized carbons (Fsp3) is 0.357. The second kappa shape index (κ2) is 6.57.